The maximum Gasteiger partial charge on any atom is 0.278 e. The first-order valence-electron chi connectivity index (χ1n) is 6.75. The van der Waals surface area contributed by atoms with Crippen LogP contribution < -0.4 is 15.4 Å². The Hall–Kier alpha value is -2.83. The van der Waals surface area contributed by atoms with Crippen molar-refractivity contribution < 1.29 is 18.8 Å². The maximum atomic E-state index is 12.5. The maximum absolute atomic E-state index is 12.5. The molecule has 2 N–H and O–H groups in total. The Labute approximate surface area is 126 Å². The summed E-state index contributed by atoms with van der Waals surface area (Å²) < 4.78 is 10.6. The van der Waals surface area contributed by atoms with Gasteiger partial charge in [-0.15, -0.1) is 0 Å². The molecule has 0 saturated heterocycles. The molecule has 2 aromatic rings. The molecule has 0 spiro atoms. The zero-order chi connectivity index (χ0) is 15.9. The lowest BCUT2D eigenvalue weighted by Gasteiger charge is -2.33. The van der Waals surface area contributed by atoms with Crippen LogP contribution in [0.1, 0.15) is 18.4 Å². The van der Waals surface area contributed by atoms with E-state index in [1.807, 2.05) is 0 Å². The fraction of sp³-hybridized carbons (Fsp3) is 0.267. The van der Waals surface area contributed by atoms with Crippen molar-refractivity contribution >= 4 is 23.2 Å². The highest BCUT2D eigenvalue weighted by Crippen LogP contribution is 2.34. The fourth-order valence-electron chi connectivity index (χ4n) is 2.21. The number of aryl methyl sites for hydroxylation is 2. The number of aromatic nitrogens is 1. The quantitative estimate of drug-likeness (QED) is 0.828. The van der Waals surface area contributed by atoms with Gasteiger partial charge in [0.1, 0.15) is 17.1 Å². The fourth-order valence-corrected chi connectivity index (χ4v) is 2.21. The summed E-state index contributed by atoms with van der Waals surface area (Å²) in [4.78, 5) is 24.8. The second-order valence-corrected chi connectivity index (χ2v) is 5.24. The summed E-state index contributed by atoms with van der Waals surface area (Å²) in [6.45, 7) is 4.80. The summed E-state index contributed by atoms with van der Waals surface area (Å²) in [6.07, 6.45) is 0. The number of rotatable bonds is 2. The Kier molecular flexibility index (Phi) is 3.13. The van der Waals surface area contributed by atoms with Gasteiger partial charge in [-0.05, 0) is 32.9 Å². The molecular formula is C15H15N3O4. The lowest BCUT2D eigenvalue weighted by molar-refractivity contribution is -0.143. The molecule has 1 aromatic heterocycles. The van der Waals surface area contributed by atoms with Gasteiger partial charge in [0.05, 0.1) is 5.69 Å². The van der Waals surface area contributed by atoms with Crippen molar-refractivity contribution in [3.63, 3.8) is 0 Å². The molecule has 2 amide bonds. The Morgan fingerprint density at radius 1 is 1.32 bits per heavy atom. The van der Waals surface area contributed by atoms with E-state index in [4.69, 9.17) is 9.26 Å². The summed E-state index contributed by atoms with van der Waals surface area (Å²) in [6, 6.07) is 6.94. The number of carbonyl (C=O) groups excluding carboxylic acids is 2. The van der Waals surface area contributed by atoms with Gasteiger partial charge in [-0.25, -0.2) is 0 Å². The van der Waals surface area contributed by atoms with Crippen LogP contribution in [0, 0.1) is 13.8 Å². The van der Waals surface area contributed by atoms with E-state index >= 15 is 0 Å². The van der Waals surface area contributed by atoms with Crippen molar-refractivity contribution in [1.82, 2.24) is 5.16 Å². The minimum atomic E-state index is -1.68. The van der Waals surface area contributed by atoms with Crippen LogP contribution in [0.3, 0.4) is 0 Å². The van der Waals surface area contributed by atoms with Crippen LogP contribution >= 0.6 is 0 Å². The van der Waals surface area contributed by atoms with Gasteiger partial charge in [0.2, 0.25) is 0 Å². The Morgan fingerprint density at radius 2 is 2.05 bits per heavy atom. The molecule has 1 aromatic carbocycles. The number of fused-ring (bicyclic) bond motifs is 1. The predicted molar refractivity (Wildman–Crippen MR) is 78.7 cm³/mol. The number of benzene rings is 1. The zero-order valence-corrected chi connectivity index (χ0v) is 12.4. The van der Waals surface area contributed by atoms with Crippen molar-refractivity contribution in [3.05, 3.63) is 35.7 Å². The standard InChI is InChI=1S/C15H15N3O4/c1-8-12(9(2)22-18-8)17-14(20)15(3)13(19)16-10-6-4-5-7-11(10)21-15/h4-7H,1-3H3,(H,16,19)(H,17,20). The van der Waals surface area contributed by atoms with E-state index in [1.165, 1.54) is 6.92 Å². The average Bonchev–Trinajstić information content (AvgIpc) is 2.80. The van der Waals surface area contributed by atoms with E-state index in [1.54, 1.807) is 38.1 Å². The number of hydrogen-bond donors (Lipinski definition) is 2. The highest BCUT2D eigenvalue weighted by Gasteiger charge is 2.47. The lowest BCUT2D eigenvalue weighted by atomic mass is 10.0. The molecular weight excluding hydrogens is 286 g/mol. The third-order valence-corrected chi connectivity index (χ3v) is 3.59. The number of nitrogens with zero attached hydrogens (tertiary/aromatic N) is 1. The van der Waals surface area contributed by atoms with Crippen LogP contribution in [-0.2, 0) is 9.59 Å². The number of ether oxygens (including phenoxy) is 1. The van der Waals surface area contributed by atoms with E-state index in [0.717, 1.165) is 0 Å². The van der Waals surface area contributed by atoms with E-state index in [2.05, 4.69) is 15.8 Å². The largest absolute Gasteiger partial charge is 0.466 e. The molecule has 0 radical (unpaired) electrons. The molecule has 22 heavy (non-hydrogen) atoms. The van der Waals surface area contributed by atoms with E-state index in [-0.39, 0.29) is 0 Å². The third kappa shape index (κ3) is 2.11. The molecule has 0 aliphatic carbocycles. The van der Waals surface area contributed by atoms with Crippen molar-refractivity contribution in [1.29, 1.82) is 0 Å². The summed E-state index contributed by atoms with van der Waals surface area (Å²) in [7, 11) is 0. The minimum Gasteiger partial charge on any atom is -0.466 e. The van der Waals surface area contributed by atoms with Crippen molar-refractivity contribution in [3.8, 4) is 5.75 Å². The van der Waals surface area contributed by atoms with Gasteiger partial charge < -0.3 is 19.9 Å². The van der Waals surface area contributed by atoms with Crippen molar-refractivity contribution in [2.24, 2.45) is 0 Å². The van der Waals surface area contributed by atoms with Crippen LogP contribution in [0.25, 0.3) is 0 Å². The van der Waals surface area contributed by atoms with Crippen LogP contribution in [0.5, 0.6) is 5.75 Å². The van der Waals surface area contributed by atoms with Gasteiger partial charge in [-0.1, -0.05) is 17.3 Å². The smallest absolute Gasteiger partial charge is 0.278 e. The summed E-state index contributed by atoms with van der Waals surface area (Å²) in [5.74, 6) is -0.214. The number of para-hydroxylation sites is 2. The first kappa shape index (κ1) is 14.1. The summed E-state index contributed by atoms with van der Waals surface area (Å²) >= 11 is 0. The number of carbonyl (C=O) groups is 2. The van der Waals surface area contributed by atoms with Crippen molar-refractivity contribution in [2.75, 3.05) is 10.6 Å². The van der Waals surface area contributed by atoms with E-state index in [0.29, 0.717) is 28.6 Å². The lowest BCUT2D eigenvalue weighted by Crippen LogP contribution is -2.56. The molecule has 1 aliphatic heterocycles. The van der Waals surface area contributed by atoms with Crippen LogP contribution in [0.15, 0.2) is 28.8 Å². The Morgan fingerprint density at radius 3 is 2.73 bits per heavy atom. The normalized spacial score (nSPS) is 19.9. The zero-order valence-electron chi connectivity index (χ0n) is 12.4. The minimum absolute atomic E-state index is 0.443. The van der Waals surface area contributed by atoms with Gasteiger partial charge >= 0.3 is 0 Å². The van der Waals surface area contributed by atoms with Gasteiger partial charge in [0.25, 0.3) is 17.4 Å². The predicted octanol–water partition coefficient (Wildman–Crippen LogP) is 2.02. The number of anilines is 2. The monoisotopic (exact) mass is 301 g/mol. The van der Waals surface area contributed by atoms with Gasteiger partial charge in [0.15, 0.2) is 5.76 Å². The highest BCUT2D eigenvalue weighted by molar-refractivity contribution is 6.19. The molecule has 0 saturated carbocycles. The molecule has 7 nitrogen and oxygen atoms in total. The molecule has 7 heteroatoms. The molecule has 2 heterocycles. The summed E-state index contributed by atoms with van der Waals surface area (Å²) in [5.41, 5.74) is -0.160. The SMILES string of the molecule is Cc1noc(C)c1NC(=O)C1(C)Oc2ccccc2NC1=O. The molecule has 0 fully saturated rings. The Balaban J connectivity index is 1.90. The van der Waals surface area contributed by atoms with Crippen molar-refractivity contribution in [2.45, 2.75) is 26.4 Å². The second-order valence-electron chi connectivity index (χ2n) is 5.24. The number of nitrogens with one attached hydrogen (secondary N) is 2. The molecule has 1 unspecified atom stereocenters. The molecule has 1 atom stereocenters. The van der Waals surface area contributed by atoms with Crippen LogP contribution in [0.2, 0.25) is 0 Å². The van der Waals surface area contributed by atoms with Crippen LogP contribution in [-0.4, -0.2) is 22.6 Å². The molecule has 3 rings (SSSR count). The average molecular weight is 301 g/mol. The molecule has 0 bridgehead atoms. The molecule has 1 aliphatic rings. The first-order chi connectivity index (χ1) is 10.4. The van der Waals surface area contributed by atoms with E-state index < -0.39 is 17.4 Å². The second kappa shape index (κ2) is 4.87. The van der Waals surface area contributed by atoms with Crippen LogP contribution in [0.4, 0.5) is 11.4 Å². The third-order valence-electron chi connectivity index (χ3n) is 3.59. The topological polar surface area (TPSA) is 93.5 Å². The summed E-state index contributed by atoms with van der Waals surface area (Å²) in [5, 5.41) is 9.09. The Bertz CT molecular complexity index is 748. The van der Waals surface area contributed by atoms with Gasteiger partial charge in [-0.3, -0.25) is 9.59 Å². The first-order valence-corrected chi connectivity index (χ1v) is 6.75. The van der Waals surface area contributed by atoms with Gasteiger partial charge in [-0.2, -0.15) is 0 Å². The number of amides is 2. The highest BCUT2D eigenvalue weighted by atomic mass is 16.5. The van der Waals surface area contributed by atoms with Gasteiger partial charge in [0, 0.05) is 0 Å². The number of hydrogen-bond acceptors (Lipinski definition) is 5. The van der Waals surface area contributed by atoms with E-state index in [9.17, 15) is 9.59 Å². The molecule has 114 valence electrons.